The molecule has 1 N–H and O–H groups in total. The monoisotopic (exact) mass is 169 g/mol. The first-order valence-electron chi connectivity index (χ1n) is 4.22. The molecule has 0 unspecified atom stereocenters. The number of furan rings is 1. The second kappa shape index (κ2) is 3.27. The molecule has 2 atom stereocenters. The van der Waals surface area contributed by atoms with Crippen molar-refractivity contribution in [1.29, 1.82) is 0 Å². The molecule has 0 radical (unpaired) electrons. The zero-order valence-corrected chi connectivity index (χ0v) is 6.79. The Bertz CT molecular complexity index is 235. The third-order valence-electron chi connectivity index (χ3n) is 2.45. The van der Waals surface area contributed by atoms with Gasteiger partial charge in [0.15, 0.2) is 0 Å². The molecule has 12 heavy (non-hydrogen) atoms. The van der Waals surface area contributed by atoms with Crippen LogP contribution in [-0.4, -0.2) is 19.8 Å². The first-order valence-corrected chi connectivity index (χ1v) is 4.22. The van der Waals surface area contributed by atoms with E-state index in [0.29, 0.717) is 0 Å². The van der Waals surface area contributed by atoms with E-state index >= 15 is 0 Å². The van der Waals surface area contributed by atoms with Gasteiger partial charge in [-0.15, -0.1) is 0 Å². The van der Waals surface area contributed by atoms with Crippen molar-refractivity contribution in [3.8, 4) is 0 Å². The molecule has 2 rings (SSSR count). The number of hydrogen-bond acceptors (Lipinski definition) is 2. The molecule has 1 aromatic heterocycles. The first-order chi connectivity index (χ1) is 5.92. The van der Waals surface area contributed by atoms with Crippen molar-refractivity contribution in [2.45, 2.75) is 5.92 Å². The van der Waals surface area contributed by atoms with Gasteiger partial charge in [-0.3, -0.25) is 4.39 Å². The fraction of sp³-hybridized carbons (Fsp3) is 0.556. The summed E-state index contributed by atoms with van der Waals surface area (Å²) in [5.74, 6) is 1.23. The molecule has 0 bridgehead atoms. The lowest BCUT2D eigenvalue weighted by Gasteiger charge is -2.11. The maximum atomic E-state index is 12.5. The van der Waals surface area contributed by atoms with Crippen molar-refractivity contribution in [2.75, 3.05) is 19.8 Å². The van der Waals surface area contributed by atoms with Gasteiger partial charge in [0.2, 0.25) is 0 Å². The molecule has 0 aliphatic carbocycles. The number of hydrogen-bond donors (Lipinski definition) is 1. The highest BCUT2D eigenvalue weighted by Crippen LogP contribution is 2.28. The van der Waals surface area contributed by atoms with Crippen LogP contribution in [0.15, 0.2) is 22.8 Å². The Morgan fingerprint density at radius 3 is 3.17 bits per heavy atom. The molecule has 3 heteroatoms. The van der Waals surface area contributed by atoms with Crippen LogP contribution in [0.5, 0.6) is 0 Å². The Morgan fingerprint density at radius 1 is 1.58 bits per heavy atom. The van der Waals surface area contributed by atoms with Crippen LogP contribution in [0, 0.1) is 5.92 Å². The Hall–Kier alpha value is -0.830. The Balaban J connectivity index is 2.13. The summed E-state index contributed by atoms with van der Waals surface area (Å²) in [7, 11) is 0. The highest BCUT2D eigenvalue weighted by atomic mass is 19.1. The predicted molar refractivity (Wildman–Crippen MR) is 43.8 cm³/mol. The van der Waals surface area contributed by atoms with E-state index in [4.69, 9.17) is 4.42 Å². The lowest BCUT2D eigenvalue weighted by molar-refractivity contribution is 0.331. The highest BCUT2D eigenvalue weighted by molar-refractivity contribution is 5.10. The second-order valence-corrected chi connectivity index (χ2v) is 3.19. The molecule has 0 aromatic carbocycles. The molecule has 0 amide bonds. The molecular weight excluding hydrogens is 157 g/mol. The fourth-order valence-corrected chi connectivity index (χ4v) is 1.73. The van der Waals surface area contributed by atoms with Crippen LogP contribution in [0.1, 0.15) is 11.7 Å². The summed E-state index contributed by atoms with van der Waals surface area (Å²) in [4.78, 5) is 0. The average molecular weight is 169 g/mol. The third kappa shape index (κ3) is 1.25. The minimum atomic E-state index is -0.266. The van der Waals surface area contributed by atoms with Gasteiger partial charge in [-0.25, -0.2) is 0 Å². The summed E-state index contributed by atoms with van der Waals surface area (Å²) in [6, 6.07) is 3.77. The molecule has 2 nitrogen and oxygen atoms in total. The van der Waals surface area contributed by atoms with Crippen molar-refractivity contribution in [1.82, 2.24) is 5.32 Å². The number of alkyl halides is 1. The summed E-state index contributed by atoms with van der Waals surface area (Å²) >= 11 is 0. The van der Waals surface area contributed by atoms with Crippen LogP contribution in [0.2, 0.25) is 0 Å². The van der Waals surface area contributed by atoms with Gasteiger partial charge >= 0.3 is 0 Å². The number of halogens is 1. The highest BCUT2D eigenvalue weighted by Gasteiger charge is 2.29. The van der Waals surface area contributed by atoms with Crippen molar-refractivity contribution in [2.24, 2.45) is 5.92 Å². The van der Waals surface area contributed by atoms with Gasteiger partial charge < -0.3 is 9.73 Å². The zero-order chi connectivity index (χ0) is 8.39. The van der Waals surface area contributed by atoms with Gasteiger partial charge in [-0.1, -0.05) is 0 Å². The third-order valence-corrected chi connectivity index (χ3v) is 2.45. The normalized spacial score (nSPS) is 29.4. The molecular formula is C9H12FNO. The Kier molecular flexibility index (Phi) is 2.13. The van der Waals surface area contributed by atoms with Crippen molar-refractivity contribution >= 4 is 0 Å². The molecule has 1 fully saturated rings. The quantitative estimate of drug-likeness (QED) is 0.726. The van der Waals surface area contributed by atoms with E-state index in [-0.39, 0.29) is 18.5 Å². The molecule has 1 aliphatic rings. The maximum Gasteiger partial charge on any atom is 0.108 e. The maximum absolute atomic E-state index is 12.5. The Labute approximate surface area is 70.8 Å². The van der Waals surface area contributed by atoms with E-state index in [1.807, 2.05) is 12.1 Å². The van der Waals surface area contributed by atoms with Crippen molar-refractivity contribution < 1.29 is 8.81 Å². The van der Waals surface area contributed by atoms with E-state index in [0.717, 1.165) is 18.8 Å². The van der Waals surface area contributed by atoms with Crippen LogP contribution >= 0.6 is 0 Å². The second-order valence-electron chi connectivity index (χ2n) is 3.19. The van der Waals surface area contributed by atoms with Crippen LogP contribution < -0.4 is 5.32 Å². The van der Waals surface area contributed by atoms with E-state index in [9.17, 15) is 4.39 Å². The number of nitrogens with one attached hydrogen (secondary N) is 1. The summed E-state index contributed by atoms with van der Waals surface area (Å²) < 4.78 is 17.7. The zero-order valence-electron chi connectivity index (χ0n) is 6.79. The van der Waals surface area contributed by atoms with Crippen LogP contribution in [-0.2, 0) is 0 Å². The fourth-order valence-electron chi connectivity index (χ4n) is 1.73. The van der Waals surface area contributed by atoms with Gasteiger partial charge in [0.05, 0.1) is 12.9 Å². The van der Waals surface area contributed by atoms with E-state index < -0.39 is 0 Å². The summed E-state index contributed by atoms with van der Waals surface area (Å²) in [5, 5.41) is 3.16. The average Bonchev–Trinajstić information content (AvgIpc) is 2.74. The standard InChI is InChI=1S/C9H12FNO/c10-4-7-5-11-6-8(7)9-2-1-3-12-9/h1-3,7-8,11H,4-6H2/t7-,8-/m1/s1. The van der Waals surface area contributed by atoms with Gasteiger partial charge in [0.25, 0.3) is 0 Å². The van der Waals surface area contributed by atoms with Gasteiger partial charge in [0, 0.05) is 24.9 Å². The lowest BCUT2D eigenvalue weighted by atomic mass is 9.95. The van der Waals surface area contributed by atoms with E-state index in [1.165, 1.54) is 0 Å². The summed E-state index contributed by atoms with van der Waals surface area (Å²) in [6.45, 7) is 1.34. The Morgan fingerprint density at radius 2 is 2.50 bits per heavy atom. The molecule has 66 valence electrons. The minimum absolute atomic E-state index is 0.0937. The van der Waals surface area contributed by atoms with Crippen LogP contribution in [0.4, 0.5) is 4.39 Å². The molecule has 0 spiro atoms. The topological polar surface area (TPSA) is 25.2 Å². The van der Waals surface area contributed by atoms with E-state index in [1.54, 1.807) is 6.26 Å². The van der Waals surface area contributed by atoms with Gasteiger partial charge in [-0.05, 0) is 12.1 Å². The van der Waals surface area contributed by atoms with Gasteiger partial charge in [0.1, 0.15) is 5.76 Å². The summed E-state index contributed by atoms with van der Waals surface area (Å²) in [5.41, 5.74) is 0. The minimum Gasteiger partial charge on any atom is -0.469 e. The molecule has 2 heterocycles. The van der Waals surface area contributed by atoms with Crippen molar-refractivity contribution in [3.05, 3.63) is 24.2 Å². The SMILES string of the molecule is FC[C@@H]1CNC[C@H]1c1ccco1. The predicted octanol–water partition coefficient (Wildman–Crippen LogP) is 1.55. The largest absolute Gasteiger partial charge is 0.469 e. The van der Waals surface area contributed by atoms with Gasteiger partial charge in [-0.2, -0.15) is 0 Å². The van der Waals surface area contributed by atoms with Crippen LogP contribution in [0.3, 0.4) is 0 Å². The number of rotatable bonds is 2. The molecule has 0 saturated carbocycles. The van der Waals surface area contributed by atoms with Crippen molar-refractivity contribution in [3.63, 3.8) is 0 Å². The van der Waals surface area contributed by atoms with Crippen LogP contribution in [0.25, 0.3) is 0 Å². The molecule has 1 aromatic rings. The molecule has 1 saturated heterocycles. The first kappa shape index (κ1) is 7.80. The van der Waals surface area contributed by atoms with E-state index in [2.05, 4.69) is 5.32 Å². The lowest BCUT2D eigenvalue weighted by Crippen LogP contribution is -2.12. The molecule has 1 aliphatic heterocycles. The smallest absolute Gasteiger partial charge is 0.108 e. The summed E-state index contributed by atoms with van der Waals surface area (Å²) in [6.07, 6.45) is 1.64.